The number of nitrogens with zero attached hydrogens (tertiary/aromatic N) is 4. The van der Waals surface area contributed by atoms with Crippen LogP contribution in [0.1, 0.15) is 49.5 Å². The van der Waals surface area contributed by atoms with E-state index in [4.69, 9.17) is 0 Å². The van der Waals surface area contributed by atoms with E-state index < -0.39 is 56.8 Å². The highest BCUT2D eigenvalue weighted by Crippen LogP contribution is 2.42. The van der Waals surface area contributed by atoms with E-state index in [0.29, 0.717) is 22.9 Å². The summed E-state index contributed by atoms with van der Waals surface area (Å²) in [7, 11) is 0. The van der Waals surface area contributed by atoms with Crippen molar-refractivity contribution in [2.45, 2.75) is 52.4 Å². The maximum Gasteiger partial charge on any atom is 0.172 e. The van der Waals surface area contributed by atoms with Gasteiger partial charge in [0, 0.05) is 12.8 Å². The zero-order chi connectivity index (χ0) is 24.6. The highest BCUT2D eigenvalue weighted by Gasteiger charge is 2.33. The van der Waals surface area contributed by atoms with Gasteiger partial charge in [0.05, 0.1) is 21.9 Å². The van der Waals surface area contributed by atoms with E-state index in [1.165, 1.54) is 0 Å². The number of fused-ring (bicyclic) bond motifs is 1. The van der Waals surface area contributed by atoms with Crippen molar-refractivity contribution in [3.63, 3.8) is 0 Å². The van der Waals surface area contributed by atoms with Crippen molar-refractivity contribution < 1.29 is 26.3 Å². The molecule has 34 heavy (non-hydrogen) atoms. The van der Waals surface area contributed by atoms with E-state index in [2.05, 4.69) is 20.4 Å². The molecule has 4 aromatic rings. The summed E-state index contributed by atoms with van der Waals surface area (Å²) in [5.41, 5.74) is -2.04. The number of aromatic nitrogens is 4. The smallest absolute Gasteiger partial charge is 0.172 e. The Morgan fingerprint density at radius 1 is 0.529 bits per heavy atom. The molecule has 0 saturated carbocycles. The number of rotatable bonds is 8. The van der Waals surface area contributed by atoms with Gasteiger partial charge in [0.25, 0.3) is 0 Å². The van der Waals surface area contributed by atoms with Crippen LogP contribution in [0.3, 0.4) is 0 Å². The van der Waals surface area contributed by atoms with Gasteiger partial charge in [-0.3, -0.25) is 0 Å². The molecule has 0 saturated heterocycles. The average Bonchev–Trinajstić information content (AvgIpc) is 3.47. The summed E-state index contributed by atoms with van der Waals surface area (Å²) >= 11 is 1.60. The first-order valence-corrected chi connectivity index (χ1v) is 12.2. The largest absolute Gasteiger partial charge is 0.205 e. The molecule has 0 N–H and O–H groups in total. The molecule has 0 aliphatic heterocycles. The van der Waals surface area contributed by atoms with Crippen LogP contribution in [0.4, 0.5) is 26.3 Å². The Morgan fingerprint density at radius 2 is 0.912 bits per heavy atom. The van der Waals surface area contributed by atoms with Crippen molar-refractivity contribution in [1.29, 1.82) is 0 Å². The maximum atomic E-state index is 15.3. The lowest BCUT2D eigenvalue weighted by Crippen LogP contribution is -2.05. The summed E-state index contributed by atoms with van der Waals surface area (Å²) in [6.45, 7) is 3.88. The zero-order valence-corrected chi connectivity index (χ0v) is 19.7. The molecule has 0 amide bonds. The Bertz CT molecular complexity index is 1260. The van der Waals surface area contributed by atoms with Crippen LogP contribution in [-0.2, 0) is 12.8 Å². The fourth-order valence-corrected chi connectivity index (χ4v) is 5.28. The molecular formula is C22H18F6N4S2. The van der Waals surface area contributed by atoms with Crippen LogP contribution in [-0.4, -0.2) is 20.4 Å². The number of halogens is 6. The van der Waals surface area contributed by atoms with Crippen LogP contribution < -0.4 is 0 Å². The Hall–Kier alpha value is -2.60. The van der Waals surface area contributed by atoms with Crippen LogP contribution in [0.15, 0.2) is 0 Å². The van der Waals surface area contributed by atoms with Gasteiger partial charge in [0.1, 0.15) is 21.6 Å². The van der Waals surface area contributed by atoms with E-state index in [1.807, 2.05) is 13.8 Å². The monoisotopic (exact) mass is 516 g/mol. The molecule has 0 aliphatic rings. The number of hydrogen-bond donors (Lipinski definition) is 0. The van der Waals surface area contributed by atoms with Gasteiger partial charge in [-0.2, -0.15) is 0 Å². The van der Waals surface area contributed by atoms with E-state index in [9.17, 15) is 8.78 Å². The molecule has 0 radical (unpaired) electrons. The van der Waals surface area contributed by atoms with Crippen molar-refractivity contribution in [3.05, 3.63) is 44.9 Å². The lowest BCUT2D eigenvalue weighted by Gasteiger charge is -2.12. The Kier molecular flexibility index (Phi) is 7.17. The molecule has 0 bridgehead atoms. The third kappa shape index (κ3) is 4.17. The fraction of sp³-hybridized carbons (Fsp3) is 0.364. The van der Waals surface area contributed by atoms with Crippen LogP contribution in [0.25, 0.3) is 31.9 Å². The van der Waals surface area contributed by atoms with Crippen molar-refractivity contribution in [2.75, 3.05) is 0 Å². The van der Waals surface area contributed by atoms with Gasteiger partial charge in [-0.05, 0) is 12.8 Å². The zero-order valence-electron chi connectivity index (χ0n) is 18.1. The predicted molar refractivity (Wildman–Crippen MR) is 119 cm³/mol. The third-order valence-corrected chi connectivity index (χ3v) is 7.24. The van der Waals surface area contributed by atoms with Crippen molar-refractivity contribution >= 4 is 33.4 Å². The first kappa shape index (κ1) is 24.5. The van der Waals surface area contributed by atoms with E-state index in [-0.39, 0.29) is 10.0 Å². The quantitative estimate of drug-likeness (QED) is 0.181. The molecule has 2 aromatic heterocycles. The van der Waals surface area contributed by atoms with E-state index >= 15 is 17.6 Å². The molecular weight excluding hydrogens is 498 g/mol. The van der Waals surface area contributed by atoms with Crippen LogP contribution in [0.2, 0.25) is 0 Å². The number of aryl methyl sites for hydroxylation is 2. The highest BCUT2D eigenvalue weighted by atomic mass is 32.1. The molecule has 0 fully saturated rings. The number of benzene rings is 2. The third-order valence-electron chi connectivity index (χ3n) is 5.24. The normalized spacial score (nSPS) is 11.6. The molecule has 0 atom stereocenters. The second-order valence-electron chi connectivity index (χ2n) is 7.59. The van der Waals surface area contributed by atoms with Crippen LogP contribution in [0.5, 0.6) is 0 Å². The summed E-state index contributed by atoms with van der Waals surface area (Å²) in [6, 6.07) is 0. The summed E-state index contributed by atoms with van der Waals surface area (Å²) in [4.78, 5) is 0. The summed E-state index contributed by atoms with van der Waals surface area (Å²) in [5.74, 6) is -10.6. The molecule has 4 nitrogen and oxygen atoms in total. The van der Waals surface area contributed by atoms with Gasteiger partial charge in [-0.1, -0.05) is 49.4 Å². The maximum absolute atomic E-state index is 15.3. The summed E-state index contributed by atoms with van der Waals surface area (Å²) in [5, 5.41) is 12.5. The number of hydrogen-bond acceptors (Lipinski definition) is 6. The summed E-state index contributed by atoms with van der Waals surface area (Å²) in [6.07, 6.45) is 4.12. The van der Waals surface area contributed by atoms with Crippen molar-refractivity contribution in [2.24, 2.45) is 0 Å². The molecule has 0 spiro atoms. The molecule has 0 aliphatic carbocycles. The van der Waals surface area contributed by atoms with Gasteiger partial charge in [-0.25, -0.2) is 26.3 Å². The standard InChI is InChI=1S/C22H18F6N4S2/c1-3-5-7-9-29-31-21(33-9)13-15(23)11-12(17(25)19(13)27)16(24)14(20(28)18(11)26)22-32-30-10(34-22)8-6-4-2/h3-8H2,1-2H3. The first-order valence-electron chi connectivity index (χ1n) is 10.6. The molecule has 2 aromatic carbocycles. The second kappa shape index (κ2) is 9.95. The van der Waals surface area contributed by atoms with Crippen molar-refractivity contribution in [3.8, 4) is 21.1 Å². The van der Waals surface area contributed by atoms with Gasteiger partial charge in [-0.15, -0.1) is 20.4 Å². The second-order valence-corrected chi connectivity index (χ2v) is 9.72. The SMILES string of the molecule is CCCCc1nnc(-c2c(F)c(F)c3c(F)c(-c4nnc(CCCC)s4)c(F)c(F)c3c2F)s1. The van der Waals surface area contributed by atoms with Gasteiger partial charge in [0.15, 0.2) is 33.3 Å². The van der Waals surface area contributed by atoms with Crippen molar-refractivity contribution in [1.82, 2.24) is 20.4 Å². The topological polar surface area (TPSA) is 51.6 Å². The van der Waals surface area contributed by atoms with E-state index in [1.54, 1.807) is 0 Å². The lowest BCUT2D eigenvalue weighted by molar-refractivity contribution is 0.486. The molecule has 12 heteroatoms. The fourth-order valence-electron chi connectivity index (χ4n) is 3.46. The minimum Gasteiger partial charge on any atom is -0.205 e. The highest BCUT2D eigenvalue weighted by molar-refractivity contribution is 7.15. The minimum atomic E-state index is -1.86. The average molecular weight is 517 g/mol. The molecule has 2 heterocycles. The Labute approximate surface area is 198 Å². The van der Waals surface area contributed by atoms with Gasteiger partial charge < -0.3 is 0 Å². The summed E-state index contributed by atoms with van der Waals surface area (Å²) < 4.78 is 90.5. The van der Waals surface area contributed by atoms with Gasteiger partial charge in [0.2, 0.25) is 0 Å². The Morgan fingerprint density at radius 3 is 1.26 bits per heavy atom. The molecule has 180 valence electrons. The number of unbranched alkanes of at least 4 members (excludes halogenated alkanes) is 2. The van der Waals surface area contributed by atoms with E-state index in [0.717, 1.165) is 48.4 Å². The minimum absolute atomic E-state index is 0.351. The predicted octanol–water partition coefficient (Wildman–Crippen LogP) is 7.40. The first-order chi connectivity index (χ1) is 16.3. The van der Waals surface area contributed by atoms with Gasteiger partial charge >= 0.3 is 0 Å². The molecule has 4 rings (SSSR count). The Balaban J connectivity index is 1.92. The van der Waals surface area contributed by atoms with Crippen LogP contribution in [0, 0.1) is 34.9 Å². The lowest BCUT2D eigenvalue weighted by atomic mass is 10.00. The molecule has 0 unspecified atom stereocenters. The van der Waals surface area contributed by atoms with Crippen LogP contribution >= 0.6 is 22.7 Å².